The summed E-state index contributed by atoms with van der Waals surface area (Å²) in [5.41, 5.74) is 3.22. The van der Waals surface area contributed by atoms with Crippen molar-refractivity contribution in [2.24, 2.45) is 11.8 Å². The third-order valence-corrected chi connectivity index (χ3v) is 7.26. The van der Waals surface area contributed by atoms with Gasteiger partial charge in [-0.05, 0) is 69.1 Å². The molecule has 8 nitrogen and oxygen atoms in total. The molecule has 0 radical (unpaired) electrons. The van der Waals surface area contributed by atoms with Crippen LogP contribution in [-0.2, 0) is 4.79 Å². The van der Waals surface area contributed by atoms with Crippen molar-refractivity contribution in [1.29, 1.82) is 0 Å². The second-order valence-corrected chi connectivity index (χ2v) is 10.2. The molecular formula is C27H32FN5O3. The predicted octanol–water partition coefficient (Wildman–Crippen LogP) is 4.28. The van der Waals surface area contributed by atoms with Crippen LogP contribution in [0.2, 0.25) is 0 Å². The number of ether oxygens (including phenoxy) is 1. The van der Waals surface area contributed by atoms with E-state index >= 15 is 0 Å². The van der Waals surface area contributed by atoms with Gasteiger partial charge in [0.2, 0.25) is 5.91 Å². The van der Waals surface area contributed by atoms with Crippen molar-refractivity contribution in [3.8, 4) is 17.0 Å². The lowest BCUT2D eigenvalue weighted by Gasteiger charge is -2.34. The summed E-state index contributed by atoms with van der Waals surface area (Å²) in [6, 6.07) is 4.56. The topological polar surface area (TPSA) is 109 Å². The van der Waals surface area contributed by atoms with Crippen molar-refractivity contribution in [2.45, 2.75) is 65.0 Å². The van der Waals surface area contributed by atoms with Crippen LogP contribution in [0.3, 0.4) is 0 Å². The molecule has 0 spiro atoms. The van der Waals surface area contributed by atoms with Crippen molar-refractivity contribution in [1.82, 2.24) is 25.6 Å². The fourth-order valence-corrected chi connectivity index (χ4v) is 5.18. The molecule has 2 aliphatic rings. The highest BCUT2D eigenvalue weighted by molar-refractivity contribution is 6.09. The van der Waals surface area contributed by atoms with Crippen LogP contribution in [-0.4, -0.2) is 45.5 Å². The Bertz CT molecular complexity index is 1300. The fourth-order valence-electron chi connectivity index (χ4n) is 5.18. The van der Waals surface area contributed by atoms with Crippen LogP contribution < -0.4 is 15.4 Å². The molecule has 2 aliphatic carbocycles. The van der Waals surface area contributed by atoms with E-state index < -0.39 is 0 Å². The Hall–Kier alpha value is -3.49. The Morgan fingerprint density at radius 2 is 1.97 bits per heavy atom. The van der Waals surface area contributed by atoms with E-state index in [4.69, 9.17) is 4.74 Å². The van der Waals surface area contributed by atoms with E-state index in [-0.39, 0.29) is 35.6 Å². The molecule has 2 saturated carbocycles. The molecule has 2 fully saturated rings. The maximum Gasteiger partial charge on any atom is 0.255 e. The molecule has 2 amide bonds. The molecule has 1 aromatic carbocycles. The summed E-state index contributed by atoms with van der Waals surface area (Å²) in [7, 11) is 0. The number of carbonyl (C=O) groups excluding carboxylic acids is 2. The van der Waals surface area contributed by atoms with Gasteiger partial charge in [0.1, 0.15) is 29.1 Å². The first-order valence-corrected chi connectivity index (χ1v) is 12.6. The summed E-state index contributed by atoms with van der Waals surface area (Å²) in [4.78, 5) is 37.0. The van der Waals surface area contributed by atoms with E-state index in [2.05, 4.69) is 32.5 Å². The Balaban J connectivity index is 1.41. The first kappa shape index (κ1) is 24.2. The minimum atomic E-state index is -0.388. The largest absolute Gasteiger partial charge is 0.493 e. The van der Waals surface area contributed by atoms with Gasteiger partial charge in [0.05, 0.1) is 17.7 Å². The lowest BCUT2D eigenvalue weighted by molar-refractivity contribution is -0.120. The van der Waals surface area contributed by atoms with E-state index in [1.165, 1.54) is 25.4 Å². The van der Waals surface area contributed by atoms with Crippen LogP contribution >= 0.6 is 0 Å². The van der Waals surface area contributed by atoms with Crippen molar-refractivity contribution in [2.75, 3.05) is 6.61 Å². The summed E-state index contributed by atoms with van der Waals surface area (Å²) in [6.45, 7) is 6.04. The van der Waals surface area contributed by atoms with E-state index in [0.29, 0.717) is 51.8 Å². The normalized spacial score (nSPS) is 21.8. The number of aromatic amines is 1. The standard InChI is InChI=1S/C27H32FN5O3/c1-14-10-19(32-16(3)34)7-8-21(14)33-27(35)23-15(2)31-26-24(29-13-30-25(23)26)20-11-18(28)6-9-22(20)36-12-17-4-5-17/h6,9,11,13-14,17,19,21,31H,4-5,7-8,10,12H2,1-3H3,(H,32,34)(H,33,35)/t14-,19+,21+/m1/s1. The molecule has 9 heteroatoms. The smallest absolute Gasteiger partial charge is 0.255 e. The number of benzene rings is 1. The molecular weight excluding hydrogens is 461 g/mol. The Labute approximate surface area is 209 Å². The molecule has 0 saturated heterocycles. The van der Waals surface area contributed by atoms with Crippen LogP contribution in [0.25, 0.3) is 22.3 Å². The number of rotatable bonds is 7. The van der Waals surface area contributed by atoms with Crippen LogP contribution in [0, 0.1) is 24.6 Å². The zero-order valence-corrected chi connectivity index (χ0v) is 20.9. The van der Waals surface area contributed by atoms with Crippen LogP contribution in [0.5, 0.6) is 5.75 Å². The maximum absolute atomic E-state index is 14.3. The number of fused-ring (bicyclic) bond motifs is 1. The third-order valence-electron chi connectivity index (χ3n) is 7.26. The average Bonchev–Trinajstić information content (AvgIpc) is 3.59. The quantitative estimate of drug-likeness (QED) is 0.455. The van der Waals surface area contributed by atoms with E-state index in [9.17, 15) is 14.0 Å². The molecule has 0 unspecified atom stereocenters. The number of aromatic nitrogens is 3. The Morgan fingerprint density at radius 3 is 2.69 bits per heavy atom. The highest BCUT2D eigenvalue weighted by atomic mass is 19.1. The molecule has 3 N–H and O–H groups in total. The van der Waals surface area contributed by atoms with E-state index in [1.807, 2.05) is 6.92 Å². The Morgan fingerprint density at radius 1 is 1.17 bits per heavy atom. The number of halogens is 1. The molecule has 5 rings (SSSR count). The van der Waals surface area contributed by atoms with Gasteiger partial charge in [-0.25, -0.2) is 14.4 Å². The number of nitrogens with one attached hydrogen (secondary N) is 3. The van der Waals surface area contributed by atoms with Gasteiger partial charge in [-0.1, -0.05) is 6.92 Å². The first-order valence-electron chi connectivity index (χ1n) is 12.6. The van der Waals surface area contributed by atoms with Gasteiger partial charge in [0, 0.05) is 30.3 Å². The van der Waals surface area contributed by atoms with Gasteiger partial charge in [0.25, 0.3) is 5.91 Å². The Kier molecular flexibility index (Phi) is 6.64. The summed E-state index contributed by atoms with van der Waals surface area (Å²) in [6.07, 6.45) is 6.11. The number of hydrogen-bond donors (Lipinski definition) is 3. The van der Waals surface area contributed by atoms with E-state index in [1.54, 1.807) is 6.07 Å². The summed E-state index contributed by atoms with van der Waals surface area (Å²) < 4.78 is 20.3. The average molecular weight is 494 g/mol. The minimum Gasteiger partial charge on any atom is -0.493 e. The number of nitrogens with zero attached hydrogens (tertiary/aromatic N) is 2. The summed E-state index contributed by atoms with van der Waals surface area (Å²) in [5, 5.41) is 6.17. The fraction of sp³-hybridized carbons (Fsp3) is 0.481. The molecule has 2 heterocycles. The van der Waals surface area contributed by atoms with Gasteiger partial charge in [-0.2, -0.15) is 0 Å². The maximum atomic E-state index is 14.3. The number of amides is 2. The third kappa shape index (κ3) is 5.05. The second-order valence-electron chi connectivity index (χ2n) is 10.2. The molecule has 0 aliphatic heterocycles. The SMILES string of the molecule is CC(=O)N[C@H]1CC[C@H](NC(=O)c2c(C)[nH]c3c(-c4cc(F)ccc4OCC4CC4)ncnc23)[C@H](C)C1. The van der Waals surface area contributed by atoms with Gasteiger partial charge < -0.3 is 20.4 Å². The van der Waals surface area contributed by atoms with Crippen molar-refractivity contribution < 1.29 is 18.7 Å². The molecule has 2 aromatic heterocycles. The minimum absolute atomic E-state index is 0.00110. The summed E-state index contributed by atoms with van der Waals surface area (Å²) >= 11 is 0. The first-order chi connectivity index (χ1) is 17.3. The highest BCUT2D eigenvalue weighted by Gasteiger charge is 2.31. The van der Waals surface area contributed by atoms with Crippen LogP contribution in [0.15, 0.2) is 24.5 Å². The van der Waals surface area contributed by atoms with Gasteiger partial charge in [-0.15, -0.1) is 0 Å². The van der Waals surface area contributed by atoms with Crippen LogP contribution in [0.1, 0.15) is 62.0 Å². The number of aryl methyl sites for hydroxylation is 1. The molecule has 0 bridgehead atoms. The van der Waals surface area contributed by atoms with Gasteiger partial charge in [0.15, 0.2) is 0 Å². The molecule has 190 valence electrons. The summed E-state index contributed by atoms with van der Waals surface area (Å²) in [5.74, 6) is 0.703. The van der Waals surface area contributed by atoms with Crippen molar-refractivity contribution in [3.63, 3.8) is 0 Å². The zero-order valence-electron chi connectivity index (χ0n) is 20.9. The second kappa shape index (κ2) is 9.87. The molecule has 3 atom stereocenters. The number of H-pyrrole nitrogens is 1. The monoisotopic (exact) mass is 493 g/mol. The van der Waals surface area contributed by atoms with E-state index in [0.717, 1.165) is 32.1 Å². The lowest BCUT2D eigenvalue weighted by atomic mass is 9.82. The highest BCUT2D eigenvalue weighted by Crippen LogP contribution is 2.37. The number of hydrogen-bond acceptors (Lipinski definition) is 5. The molecule has 3 aromatic rings. The zero-order chi connectivity index (χ0) is 25.4. The predicted molar refractivity (Wildman–Crippen MR) is 134 cm³/mol. The van der Waals surface area contributed by atoms with Crippen molar-refractivity contribution >= 4 is 22.8 Å². The lowest BCUT2D eigenvalue weighted by Crippen LogP contribution is -2.47. The van der Waals surface area contributed by atoms with Gasteiger partial charge in [-0.3, -0.25) is 9.59 Å². The van der Waals surface area contributed by atoms with Gasteiger partial charge >= 0.3 is 0 Å². The molecule has 36 heavy (non-hydrogen) atoms. The number of carbonyl (C=O) groups is 2. The van der Waals surface area contributed by atoms with Crippen molar-refractivity contribution in [3.05, 3.63) is 41.6 Å². The van der Waals surface area contributed by atoms with Crippen LogP contribution in [0.4, 0.5) is 4.39 Å².